The molecule has 1 aliphatic rings. The Morgan fingerprint density at radius 1 is 1.27 bits per heavy atom. The van der Waals surface area contributed by atoms with Gasteiger partial charge < -0.3 is 9.80 Å². The monoisotopic (exact) mass is 300 g/mol. The predicted octanol–water partition coefficient (Wildman–Crippen LogP) is 2.28. The van der Waals surface area contributed by atoms with Crippen molar-refractivity contribution in [3.8, 4) is 0 Å². The third-order valence-corrected chi connectivity index (χ3v) is 4.46. The summed E-state index contributed by atoms with van der Waals surface area (Å²) in [5.74, 6) is 0.0840. The van der Waals surface area contributed by atoms with E-state index in [-0.39, 0.29) is 5.91 Å². The highest BCUT2D eigenvalue weighted by Gasteiger charge is 2.19. The Morgan fingerprint density at radius 2 is 2.09 bits per heavy atom. The summed E-state index contributed by atoms with van der Waals surface area (Å²) in [5, 5.41) is 4.27. The smallest absolute Gasteiger partial charge is 0.257 e. The van der Waals surface area contributed by atoms with Crippen molar-refractivity contribution in [2.24, 2.45) is 0 Å². The summed E-state index contributed by atoms with van der Waals surface area (Å²) in [5.41, 5.74) is 1.57. The zero-order valence-electron chi connectivity index (χ0n) is 13.2. The molecule has 1 aliphatic heterocycles. The molecule has 0 saturated carbocycles. The van der Waals surface area contributed by atoms with Crippen LogP contribution < -0.4 is 0 Å². The third kappa shape index (κ3) is 3.14. The van der Waals surface area contributed by atoms with Crippen LogP contribution >= 0.6 is 0 Å². The minimum absolute atomic E-state index is 0.0840. The summed E-state index contributed by atoms with van der Waals surface area (Å²) >= 11 is 0. The Kier molecular flexibility index (Phi) is 4.73. The van der Waals surface area contributed by atoms with Gasteiger partial charge in [0, 0.05) is 25.8 Å². The van der Waals surface area contributed by atoms with Gasteiger partial charge in [0.2, 0.25) is 0 Å². The van der Waals surface area contributed by atoms with Crippen LogP contribution in [0.3, 0.4) is 0 Å². The summed E-state index contributed by atoms with van der Waals surface area (Å²) < 4.78 is 1.76. The van der Waals surface area contributed by atoms with E-state index < -0.39 is 0 Å². The topological polar surface area (TPSA) is 40.8 Å². The van der Waals surface area contributed by atoms with Crippen LogP contribution in [0.1, 0.15) is 36.5 Å². The van der Waals surface area contributed by atoms with Crippen molar-refractivity contribution >= 4 is 11.4 Å². The number of nitrogens with zero attached hydrogens (tertiary/aromatic N) is 4. The van der Waals surface area contributed by atoms with Gasteiger partial charge in [-0.3, -0.25) is 4.79 Å². The molecular weight excluding hydrogens is 276 g/mol. The van der Waals surface area contributed by atoms with Gasteiger partial charge in [0.25, 0.3) is 5.91 Å². The number of hydrogen-bond acceptors (Lipinski definition) is 3. The van der Waals surface area contributed by atoms with Crippen LogP contribution in [0.4, 0.5) is 0 Å². The molecule has 0 atom stereocenters. The highest BCUT2D eigenvalue weighted by Crippen LogP contribution is 2.13. The van der Waals surface area contributed by atoms with E-state index in [9.17, 15) is 4.79 Å². The number of carbonyl (C=O) groups is 1. The zero-order valence-corrected chi connectivity index (χ0v) is 13.2. The Balaban J connectivity index is 1.68. The summed E-state index contributed by atoms with van der Waals surface area (Å²) in [6.07, 6.45) is 7.47. The lowest BCUT2D eigenvalue weighted by Crippen LogP contribution is -2.40. The molecule has 2 aromatic heterocycles. The molecule has 3 heterocycles. The van der Waals surface area contributed by atoms with Crippen molar-refractivity contribution in [1.29, 1.82) is 0 Å². The lowest BCUT2D eigenvalue weighted by Gasteiger charge is -2.29. The second-order valence-corrected chi connectivity index (χ2v) is 5.88. The molecule has 0 spiro atoms. The molecule has 0 aliphatic carbocycles. The first-order valence-electron chi connectivity index (χ1n) is 8.23. The van der Waals surface area contributed by atoms with Crippen LogP contribution in [0.5, 0.6) is 0 Å². The lowest BCUT2D eigenvalue weighted by molar-refractivity contribution is 0.0741. The number of pyridine rings is 1. The van der Waals surface area contributed by atoms with Crippen LogP contribution in [-0.2, 0) is 0 Å². The van der Waals surface area contributed by atoms with E-state index in [0.717, 1.165) is 25.2 Å². The van der Waals surface area contributed by atoms with E-state index in [1.165, 1.54) is 32.4 Å². The molecule has 0 radical (unpaired) electrons. The second-order valence-electron chi connectivity index (χ2n) is 5.88. The molecule has 0 bridgehead atoms. The summed E-state index contributed by atoms with van der Waals surface area (Å²) in [6, 6.07) is 5.80. The van der Waals surface area contributed by atoms with Crippen molar-refractivity contribution in [3.05, 3.63) is 36.2 Å². The minimum atomic E-state index is 0.0840. The molecule has 0 aromatic carbocycles. The van der Waals surface area contributed by atoms with Gasteiger partial charge in [-0.25, -0.2) is 4.52 Å². The third-order valence-electron chi connectivity index (χ3n) is 4.46. The first-order valence-corrected chi connectivity index (χ1v) is 8.23. The van der Waals surface area contributed by atoms with Crippen LogP contribution in [0.15, 0.2) is 30.6 Å². The number of aromatic nitrogens is 2. The number of fused-ring (bicyclic) bond motifs is 1. The van der Waals surface area contributed by atoms with Crippen LogP contribution in [0.25, 0.3) is 5.52 Å². The van der Waals surface area contributed by atoms with Crippen LogP contribution in [0.2, 0.25) is 0 Å². The molecule has 0 N–H and O–H groups in total. The number of amides is 1. The Labute approximate surface area is 131 Å². The van der Waals surface area contributed by atoms with Crippen molar-refractivity contribution in [3.63, 3.8) is 0 Å². The molecule has 1 saturated heterocycles. The first kappa shape index (κ1) is 15.0. The highest BCUT2D eigenvalue weighted by atomic mass is 16.2. The highest BCUT2D eigenvalue weighted by molar-refractivity contribution is 6.00. The van der Waals surface area contributed by atoms with Gasteiger partial charge in [0.1, 0.15) is 0 Å². The van der Waals surface area contributed by atoms with Crippen molar-refractivity contribution in [2.75, 3.05) is 32.7 Å². The van der Waals surface area contributed by atoms with Crippen LogP contribution in [-0.4, -0.2) is 58.0 Å². The molecule has 118 valence electrons. The van der Waals surface area contributed by atoms with E-state index in [1.54, 1.807) is 10.7 Å². The van der Waals surface area contributed by atoms with Gasteiger partial charge in [0.05, 0.1) is 17.3 Å². The quantitative estimate of drug-likeness (QED) is 0.850. The van der Waals surface area contributed by atoms with Gasteiger partial charge >= 0.3 is 0 Å². The molecule has 3 rings (SSSR count). The van der Waals surface area contributed by atoms with Gasteiger partial charge in [-0.15, -0.1) is 0 Å². The molecule has 0 unspecified atom stereocenters. The Bertz CT molecular complexity index is 630. The van der Waals surface area contributed by atoms with Gasteiger partial charge in [-0.1, -0.05) is 12.5 Å². The van der Waals surface area contributed by atoms with E-state index >= 15 is 0 Å². The number of likely N-dealkylation sites (N-methyl/N-ethyl adjacent to an activating group) is 1. The van der Waals surface area contributed by atoms with Crippen molar-refractivity contribution < 1.29 is 4.79 Å². The molecule has 22 heavy (non-hydrogen) atoms. The molecule has 2 aromatic rings. The van der Waals surface area contributed by atoms with Crippen molar-refractivity contribution in [1.82, 2.24) is 19.4 Å². The molecular formula is C17H24N4O. The second kappa shape index (κ2) is 6.92. The van der Waals surface area contributed by atoms with Gasteiger partial charge in [-0.2, -0.15) is 5.10 Å². The molecule has 5 heteroatoms. The standard InChI is InChI=1S/C17H24N4O/c1-2-20(13-12-19-9-5-3-6-10-19)17(22)15-14-18-21-11-7-4-8-16(15)21/h4,7-8,11,14H,2-3,5-6,9-10,12-13H2,1H3. The van der Waals surface area contributed by atoms with Gasteiger partial charge in [-0.05, 0) is 45.0 Å². The minimum Gasteiger partial charge on any atom is -0.338 e. The zero-order chi connectivity index (χ0) is 15.4. The Hall–Kier alpha value is -1.88. The van der Waals surface area contributed by atoms with E-state index in [0.29, 0.717) is 5.56 Å². The predicted molar refractivity (Wildman–Crippen MR) is 87.1 cm³/mol. The number of piperidine rings is 1. The summed E-state index contributed by atoms with van der Waals surface area (Å²) in [6.45, 7) is 6.87. The summed E-state index contributed by atoms with van der Waals surface area (Å²) in [4.78, 5) is 17.2. The number of rotatable bonds is 5. The SMILES string of the molecule is CCN(CCN1CCCCC1)C(=O)c1cnn2ccccc12. The summed E-state index contributed by atoms with van der Waals surface area (Å²) in [7, 11) is 0. The average molecular weight is 300 g/mol. The average Bonchev–Trinajstić information content (AvgIpc) is 3.00. The fourth-order valence-corrected chi connectivity index (χ4v) is 3.12. The number of likely N-dealkylation sites (tertiary alicyclic amines) is 1. The lowest BCUT2D eigenvalue weighted by atomic mass is 10.1. The number of hydrogen-bond donors (Lipinski definition) is 0. The van der Waals surface area contributed by atoms with E-state index in [2.05, 4.69) is 10.00 Å². The molecule has 5 nitrogen and oxygen atoms in total. The maximum absolute atomic E-state index is 12.8. The van der Waals surface area contributed by atoms with Crippen LogP contribution in [0, 0.1) is 0 Å². The number of carbonyl (C=O) groups excluding carboxylic acids is 1. The largest absolute Gasteiger partial charge is 0.338 e. The maximum Gasteiger partial charge on any atom is 0.257 e. The van der Waals surface area contributed by atoms with Crippen molar-refractivity contribution in [2.45, 2.75) is 26.2 Å². The van der Waals surface area contributed by atoms with Gasteiger partial charge in [0.15, 0.2) is 0 Å². The maximum atomic E-state index is 12.8. The fourth-order valence-electron chi connectivity index (χ4n) is 3.12. The molecule has 1 amide bonds. The Morgan fingerprint density at radius 3 is 2.86 bits per heavy atom. The molecule has 1 fully saturated rings. The first-order chi connectivity index (χ1) is 10.8. The normalized spacial score (nSPS) is 16.0. The van der Waals surface area contributed by atoms with E-state index in [4.69, 9.17) is 0 Å². The van der Waals surface area contributed by atoms with E-state index in [1.807, 2.05) is 36.2 Å². The fraction of sp³-hybridized carbons (Fsp3) is 0.529.